The fourth-order valence-corrected chi connectivity index (χ4v) is 5.19. The Hall–Kier alpha value is -0.480. The molecular formula is C9H10BrNO5S2. The predicted octanol–water partition coefficient (Wildman–Crippen LogP) is 1.62. The highest BCUT2D eigenvalue weighted by atomic mass is 79.9. The van der Waals surface area contributed by atoms with Crippen molar-refractivity contribution in [2.75, 3.05) is 20.3 Å². The smallest absolute Gasteiger partial charge is 0.348 e. The van der Waals surface area contributed by atoms with Crippen LogP contribution in [0.3, 0.4) is 0 Å². The lowest BCUT2D eigenvalue weighted by Gasteiger charge is -2.13. The highest BCUT2D eigenvalue weighted by molar-refractivity contribution is 9.11. The number of rotatable bonds is 3. The Morgan fingerprint density at radius 3 is 2.89 bits per heavy atom. The van der Waals surface area contributed by atoms with Crippen molar-refractivity contribution in [1.29, 1.82) is 0 Å². The van der Waals surface area contributed by atoms with Crippen molar-refractivity contribution in [1.82, 2.24) is 4.47 Å². The van der Waals surface area contributed by atoms with Gasteiger partial charge in [0.1, 0.15) is 9.77 Å². The molecule has 1 aliphatic heterocycles. The Balaban J connectivity index is 2.38. The van der Waals surface area contributed by atoms with E-state index < -0.39 is 16.0 Å². The third-order valence-electron chi connectivity index (χ3n) is 2.31. The van der Waals surface area contributed by atoms with Crippen molar-refractivity contribution in [3.8, 4) is 0 Å². The molecule has 18 heavy (non-hydrogen) atoms. The molecule has 1 fully saturated rings. The summed E-state index contributed by atoms with van der Waals surface area (Å²) in [5.74, 6) is -0.565. The van der Waals surface area contributed by atoms with Crippen molar-refractivity contribution in [2.24, 2.45) is 0 Å². The lowest BCUT2D eigenvalue weighted by molar-refractivity contribution is -0.0284. The molecule has 1 aliphatic rings. The maximum Gasteiger partial charge on any atom is 0.348 e. The van der Waals surface area contributed by atoms with Gasteiger partial charge in [0, 0.05) is 6.54 Å². The van der Waals surface area contributed by atoms with Crippen LogP contribution in [0.25, 0.3) is 0 Å². The van der Waals surface area contributed by atoms with E-state index in [1.165, 1.54) is 13.2 Å². The number of ether oxygens (including phenoxy) is 1. The van der Waals surface area contributed by atoms with Gasteiger partial charge in [0.05, 0.1) is 17.5 Å². The monoisotopic (exact) mass is 355 g/mol. The Morgan fingerprint density at radius 1 is 1.61 bits per heavy atom. The highest BCUT2D eigenvalue weighted by Gasteiger charge is 2.32. The van der Waals surface area contributed by atoms with Crippen LogP contribution in [0.5, 0.6) is 0 Å². The van der Waals surface area contributed by atoms with Gasteiger partial charge >= 0.3 is 5.97 Å². The number of hydrogen-bond donors (Lipinski definition) is 0. The Bertz CT molecular complexity index is 562. The van der Waals surface area contributed by atoms with Crippen LogP contribution in [0.4, 0.5) is 0 Å². The topological polar surface area (TPSA) is 72.9 Å². The number of methoxy groups -OCH3 is 1. The lowest BCUT2D eigenvalue weighted by atomic mass is 10.5. The van der Waals surface area contributed by atoms with Gasteiger partial charge in [-0.05, 0) is 28.4 Å². The summed E-state index contributed by atoms with van der Waals surface area (Å²) in [4.78, 5) is 16.6. The normalized spacial score (nSPS) is 17.0. The largest absolute Gasteiger partial charge is 0.465 e. The second kappa shape index (κ2) is 5.25. The van der Waals surface area contributed by atoms with E-state index in [0.717, 1.165) is 15.8 Å². The molecule has 1 aromatic rings. The van der Waals surface area contributed by atoms with Gasteiger partial charge in [-0.2, -0.15) is 0 Å². The summed E-state index contributed by atoms with van der Waals surface area (Å²) in [6.07, 6.45) is 0.658. The second-order valence-corrected chi connectivity index (χ2v) is 7.63. The molecule has 0 radical (unpaired) electrons. The van der Waals surface area contributed by atoms with Gasteiger partial charge in [-0.3, -0.25) is 4.84 Å². The molecule has 0 atom stereocenters. The van der Waals surface area contributed by atoms with Crippen LogP contribution in [0.2, 0.25) is 0 Å². The molecule has 6 nitrogen and oxygen atoms in total. The minimum absolute atomic E-state index is 0.0230. The average molecular weight is 356 g/mol. The summed E-state index contributed by atoms with van der Waals surface area (Å²) < 4.78 is 30.3. The van der Waals surface area contributed by atoms with E-state index in [2.05, 4.69) is 20.7 Å². The summed E-state index contributed by atoms with van der Waals surface area (Å²) >= 11 is 4.16. The minimum atomic E-state index is -3.72. The molecule has 100 valence electrons. The zero-order valence-corrected chi connectivity index (χ0v) is 12.6. The fourth-order valence-electron chi connectivity index (χ4n) is 1.45. The summed E-state index contributed by atoms with van der Waals surface area (Å²) in [7, 11) is -2.48. The van der Waals surface area contributed by atoms with Crippen molar-refractivity contribution in [3.63, 3.8) is 0 Å². The number of thiophene rings is 1. The van der Waals surface area contributed by atoms with Crippen LogP contribution in [0.15, 0.2) is 14.7 Å². The van der Waals surface area contributed by atoms with E-state index in [-0.39, 0.29) is 9.77 Å². The molecule has 2 rings (SSSR count). The fraction of sp³-hybridized carbons (Fsp3) is 0.444. The van der Waals surface area contributed by atoms with Gasteiger partial charge < -0.3 is 4.74 Å². The quantitative estimate of drug-likeness (QED) is 0.770. The number of hydroxylamine groups is 1. The number of halogens is 1. The maximum atomic E-state index is 12.2. The predicted molar refractivity (Wildman–Crippen MR) is 67.8 cm³/mol. The molecule has 0 bridgehead atoms. The zero-order valence-electron chi connectivity index (χ0n) is 9.38. The number of nitrogens with zero attached hydrogens (tertiary/aromatic N) is 1. The van der Waals surface area contributed by atoms with Crippen LogP contribution < -0.4 is 0 Å². The molecule has 0 N–H and O–H groups in total. The molecule has 9 heteroatoms. The molecule has 1 aromatic heterocycles. The molecule has 0 amide bonds. The molecule has 0 unspecified atom stereocenters. The standard InChI is InChI=1S/C9H10BrNO5S2/c1-15-9(12)6-5-7(8(10)17-6)18(13,14)11-3-2-4-16-11/h5H,2-4H2,1H3. The SMILES string of the molecule is COC(=O)c1cc(S(=O)(=O)N2CCCO2)c(Br)s1. The third kappa shape index (κ3) is 2.45. The molecule has 2 heterocycles. The van der Waals surface area contributed by atoms with Crippen molar-refractivity contribution >= 4 is 43.3 Å². The van der Waals surface area contributed by atoms with Gasteiger partial charge in [0.2, 0.25) is 0 Å². The van der Waals surface area contributed by atoms with Crippen molar-refractivity contribution < 1.29 is 22.8 Å². The van der Waals surface area contributed by atoms with Crippen molar-refractivity contribution in [3.05, 3.63) is 14.7 Å². The molecule has 0 aliphatic carbocycles. The van der Waals surface area contributed by atoms with Gasteiger partial charge in [-0.25, -0.2) is 13.2 Å². The first kappa shape index (κ1) is 13.9. The van der Waals surface area contributed by atoms with E-state index >= 15 is 0 Å². The number of hydrogen-bond acceptors (Lipinski definition) is 6. The molecule has 1 saturated heterocycles. The molecule has 0 spiro atoms. The maximum absolute atomic E-state index is 12.2. The molecular weight excluding hydrogens is 346 g/mol. The van der Waals surface area contributed by atoms with Crippen LogP contribution in [0, 0.1) is 0 Å². The Labute approximate surface area is 117 Å². The first-order valence-corrected chi connectivity index (χ1v) is 8.05. The van der Waals surface area contributed by atoms with E-state index in [9.17, 15) is 13.2 Å². The van der Waals surface area contributed by atoms with Gasteiger partial charge in [0.25, 0.3) is 10.0 Å². The van der Waals surface area contributed by atoms with Gasteiger partial charge in [-0.1, -0.05) is 4.47 Å². The van der Waals surface area contributed by atoms with Crippen LogP contribution in [0.1, 0.15) is 16.1 Å². The van der Waals surface area contributed by atoms with Crippen LogP contribution in [-0.2, 0) is 19.6 Å². The van der Waals surface area contributed by atoms with Gasteiger partial charge in [-0.15, -0.1) is 11.3 Å². The first-order chi connectivity index (χ1) is 8.46. The van der Waals surface area contributed by atoms with E-state index in [4.69, 9.17) is 4.84 Å². The summed E-state index contributed by atoms with van der Waals surface area (Å²) in [5, 5.41) is 0. The summed E-state index contributed by atoms with van der Waals surface area (Å²) in [5.41, 5.74) is 0. The van der Waals surface area contributed by atoms with Crippen LogP contribution in [-0.4, -0.2) is 39.1 Å². The van der Waals surface area contributed by atoms with E-state index in [1.807, 2.05) is 0 Å². The lowest BCUT2D eigenvalue weighted by Crippen LogP contribution is -2.26. The second-order valence-electron chi connectivity index (χ2n) is 3.46. The average Bonchev–Trinajstić information content (AvgIpc) is 2.96. The highest BCUT2D eigenvalue weighted by Crippen LogP contribution is 2.34. The van der Waals surface area contributed by atoms with E-state index in [0.29, 0.717) is 23.4 Å². The number of esters is 1. The zero-order chi connectivity index (χ0) is 13.3. The Kier molecular flexibility index (Phi) is 4.07. The molecule has 0 saturated carbocycles. The summed E-state index contributed by atoms with van der Waals surface area (Å²) in [6, 6.07) is 1.29. The number of carbonyl (C=O) groups is 1. The van der Waals surface area contributed by atoms with E-state index in [1.54, 1.807) is 0 Å². The number of carbonyl (C=O) groups excluding carboxylic acids is 1. The third-order valence-corrected chi connectivity index (χ3v) is 6.22. The van der Waals surface area contributed by atoms with Crippen molar-refractivity contribution in [2.45, 2.75) is 11.3 Å². The summed E-state index contributed by atoms with van der Waals surface area (Å²) in [6.45, 7) is 0.697. The Morgan fingerprint density at radius 2 is 2.33 bits per heavy atom. The number of sulfonamides is 1. The minimum Gasteiger partial charge on any atom is -0.465 e. The first-order valence-electron chi connectivity index (χ1n) is 5.00. The van der Waals surface area contributed by atoms with Gasteiger partial charge in [0.15, 0.2) is 0 Å². The molecule has 0 aromatic carbocycles. The van der Waals surface area contributed by atoms with Crippen LogP contribution >= 0.6 is 27.3 Å².